The van der Waals surface area contributed by atoms with E-state index in [4.69, 9.17) is 4.74 Å². The highest BCUT2D eigenvalue weighted by Gasteiger charge is 2.32. The summed E-state index contributed by atoms with van der Waals surface area (Å²) in [7, 11) is 0. The number of morpholine rings is 1. The van der Waals surface area contributed by atoms with Gasteiger partial charge in [0.2, 0.25) is 11.8 Å². The average Bonchev–Trinajstić information content (AvgIpc) is 2.74. The Balaban J connectivity index is 1.49. The Labute approximate surface area is 166 Å². The average molecular weight is 387 g/mol. The van der Waals surface area contributed by atoms with Crippen LogP contribution in [0.15, 0.2) is 30.3 Å². The van der Waals surface area contributed by atoms with E-state index in [9.17, 15) is 14.4 Å². The standard InChI is InChI=1S/C21H29N3O4/c1-16(22-20(26)17-6-3-2-4-7-17)14-19(25)24-9-5-8-18(15-24)21(27)23-10-12-28-13-11-23/h2-4,6-7,16,18H,5,8-15H2,1H3,(H,22,26). The quantitative estimate of drug-likeness (QED) is 0.826. The number of likely N-dealkylation sites (tertiary alicyclic amines) is 1. The molecule has 3 rings (SSSR count). The van der Waals surface area contributed by atoms with Crippen LogP contribution in [0.3, 0.4) is 0 Å². The number of hydrogen-bond acceptors (Lipinski definition) is 4. The van der Waals surface area contributed by atoms with Crippen molar-refractivity contribution in [3.05, 3.63) is 35.9 Å². The first-order valence-electron chi connectivity index (χ1n) is 10.0. The molecule has 0 saturated carbocycles. The molecular formula is C21H29N3O4. The number of ether oxygens (including phenoxy) is 1. The van der Waals surface area contributed by atoms with E-state index in [2.05, 4.69) is 5.32 Å². The molecule has 3 amide bonds. The van der Waals surface area contributed by atoms with Gasteiger partial charge in [-0.05, 0) is 31.9 Å². The highest BCUT2D eigenvalue weighted by Crippen LogP contribution is 2.20. The lowest BCUT2D eigenvalue weighted by atomic mass is 9.95. The molecule has 28 heavy (non-hydrogen) atoms. The van der Waals surface area contributed by atoms with Crippen LogP contribution in [-0.4, -0.2) is 73.0 Å². The molecule has 2 heterocycles. The van der Waals surface area contributed by atoms with Crippen LogP contribution in [0.4, 0.5) is 0 Å². The molecule has 0 spiro atoms. The maximum Gasteiger partial charge on any atom is 0.251 e. The van der Waals surface area contributed by atoms with Gasteiger partial charge in [0.15, 0.2) is 0 Å². The van der Waals surface area contributed by atoms with E-state index < -0.39 is 0 Å². The van der Waals surface area contributed by atoms with Crippen molar-refractivity contribution in [2.45, 2.75) is 32.2 Å². The molecule has 2 fully saturated rings. The van der Waals surface area contributed by atoms with Gasteiger partial charge in [-0.25, -0.2) is 0 Å². The molecule has 1 aromatic rings. The second-order valence-corrected chi connectivity index (χ2v) is 7.56. The first-order chi connectivity index (χ1) is 13.5. The molecule has 0 radical (unpaired) electrons. The molecule has 0 aromatic heterocycles. The third kappa shape index (κ3) is 5.32. The molecule has 2 saturated heterocycles. The highest BCUT2D eigenvalue weighted by atomic mass is 16.5. The van der Waals surface area contributed by atoms with Gasteiger partial charge < -0.3 is 19.9 Å². The second kappa shape index (κ2) is 9.68. The number of benzene rings is 1. The van der Waals surface area contributed by atoms with Gasteiger partial charge in [0, 0.05) is 44.2 Å². The van der Waals surface area contributed by atoms with Gasteiger partial charge in [0.25, 0.3) is 5.91 Å². The van der Waals surface area contributed by atoms with Crippen molar-refractivity contribution < 1.29 is 19.1 Å². The fraction of sp³-hybridized carbons (Fsp3) is 0.571. The molecule has 2 aliphatic heterocycles. The fourth-order valence-corrected chi connectivity index (χ4v) is 3.79. The smallest absolute Gasteiger partial charge is 0.251 e. The van der Waals surface area contributed by atoms with Gasteiger partial charge in [-0.15, -0.1) is 0 Å². The molecule has 2 aliphatic rings. The third-order valence-electron chi connectivity index (χ3n) is 5.34. The number of rotatable bonds is 5. The predicted molar refractivity (Wildman–Crippen MR) is 105 cm³/mol. The zero-order valence-electron chi connectivity index (χ0n) is 16.4. The third-order valence-corrected chi connectivity index (χ3v) is 5.34. The molecule has 7 nitrogen and oxygen atoms in total. The topological polar surface area (TPSA) is 79.0 Å². The zero-order valence-corrected chi connectivity index (χ0v) is 16.4. The molecule has 1 N–H and O–H groups in total. The minimum atomic E-state index is -0.268. The van der Waals surface area contributed by atoms with Gasteiger partial charge in [-0.2, -0.15) is 0 Å². The van der Waals surface area contributed by atoms with E-state index in [1.54, 1.807) is 17.0 Å². The van der Waals surface area contributed by atoms with Crippen LogP contribution >= 0.6 is 0 Å². The zero-order chi connectivity index (χ0) is 19.9. The largest absolute Gasteiger partial charge is 0.378 e. The summed E-state index contributed by atoms with van der Waals surface area (Å²) in [6.45, 7) is 5.40. The van der Waals surface area contributed by atoms with Crippen LogP contribution in [0, 0.1) is 5.92 Å². The minimum absolute atomic E-state index is 0.0136. The van der Waals surface area contributed by atoms with Crippen molar-refractivity contribution in [2.24, 2.45) is 5.92 Å². The van der Waals surface area contributed by atoms with E-state index in [1.165, 1.54) is 0 Å². The normalized spacial score (nSPS) is 21.1. The molecule has 0 bridgehead atoms. The minimum Gasteiger partial charge on any atom is -0.378 e. The molecule has 2 atom stereocenters. The monoisotopic (exact) mass is 387 g/mol. The van der Waals surface area contributed by atoms with Crippen molar-refractivity contribution in [1.29, 1.82) is 0 Å². The molecule has 7 heteroatoms. The Bertz CT molecular complexity index is 688. The van der Waals surface area contributed by atoms with Crippen LogP contribution in [-0.2, 0) is 14.3 Å². The summed E-state index contributed by atoms with van der Waals surface area (Å²) in [6, 6.07) is 8.70. The van der Waals surface area contributed by atoms with Crippen LogP contribution in [0.2, 0.25) is 0 Å². The summed E-state index contributed by atoms with van der Waals surface area (Å²) < 4.78 is 5.31. The van der Waals surface area contributed by atoms with Crippen molar-refractivity contribution in [2.75, 3.05) is 39.4 Å². The number of nitrogens with one attached hydrogen (secondary N) is 1. The SMILES string of the molecule is CC(CC(=O)N1CCCC(C(=O)N2CCOCC2)C1)NC(=O)c1ccccc1. The van der Waals surface area contributed by atoms with E-state index in [-0.39, 0.29) is 36.1 Å². The summed E-state index contributed by atoms with van der Waals surface area (Å²) in [5, 5.41) is 2.88. The van der Waals surface area contributed by atoms with Gasteiger partial charge in [0.1, 0.15) is 0 Å². The van der Waals surface area contributed by atoms with E-state index in [0.717, 1.165) is 12.8 Å². The number of hydrogen-bond donors (Lipinski definition) is 1. The number of amides is 3. The Morgan fingerprint density at radius 1 is 1.11 bits per heavy atom. The summed E-state index contributed by atoms with van der Waals surface area (Å²) in [4.78, 5) is 41.3. The van der Waals surface area contributed by atoms with Crippen molar-refractivity contribution in [3.63, 3.8) is 0 Å². The molecule has 152 valence electrons. The lowest BCUT2D eigenvalue weighted by Gasteiger charge is -2.36. The van der Waals surface area contributed by atoms with E-state index >= 15 is 0 Å². The molecule has 2 unspecified atom stereocenters. The first-order valence-corrected chi connectivity index (χ1v) is 10.0. The van der Waals surface area contributed by atoms with Crippen LogP contribution in [0.25, 0.3) is 0 Å². The molecule has 0 aliphatic carbocycles. The summed E-state index contributed by atoms with van der Waals surface area (Å²) in [5.74, 6) is -0.198. The summed E-state index contributed by atoms with van der Waals surface area (Å²) in [6.07, 6.45) is 1.88. The first kappa shape index (κ1) is 20.3. The van der Waals surface area contributed by atoms with Crippen LogP contribution in [0.1, 0.15) is 36.5 Å². The lowest BCUT2D eigenvalue weighted by Crippen LogP contribution is -2.50. The number of piperidine rings is 1. The van der Waals surface area contributed by atoms with Gasteiger partial charge in [0.05, 0.1) is 19.1 Å². The highest BCUT2D eigenvalue weighted by molar-refractivity contribution is 5.94. The van der Waals surface area contributed by atoms with Crippen molar-refractivity contribution >= 4 is 17.7 Å². The maximum atomic E-state index is 12.7. The van der Waals surface area contributed by atoms with E-state index in [1.807, 2.05) is 30.0 Å². The number of carbonyl (C=O) groups excluding carboxylic acids is 3. The van der Waals surface area contributed by atoms with E-state index in [0.29, 0.717) is 45.0 Å². The number of nitrogens with zero attached hydrogens (tertiary/aromatic N) is 2. The Hall–Kier alpha value is -2.41. The maximum absolute atomic E-state index is 12.7. The Morgan fingerprint density at radius 2 is 1.82 bits per heavy atom. The van der Waals surface area contributed by atoms with Gasteiger partial charge >= 0.3 is 0 Å². The molecule has 1 aromatic carbocycles. The van der Waals surface area contributed by atoms with Crippen LogP contribution in [0.5, 0.6) is 0 Å². The summed E-state index contributed by atoms with van der Waals surface area (Å²) >= 11 is 0. The Morgan fingerprint density at radius 3 is 2.54 bits per heavy atom. The second-order valence-electron chi connectivity index (χ2n) is 7.56. The Kier molecular flexibility index (Phi) is 7.03. The lowest BCUT2D eigenvalue weighted by molar-refractivity contribution is -0.144. The van der Waals surface area contributed by atoms with Crippen molar-refractivity contribution in [1.82, 2.24) is 15.1 Å². The number of carbonyl (C=O) groups is 3. The van der Waals surface area contributed by atoms with Crippen LogP contribution < -0.4 is 5.32 Å². The van der Waals surface area contributed by atoms with Gasteiger partial charge in [-0.1, -0.05) is 18.2 Å². The fourth-order valence-electron chi connectivity index (χ4n) is 3.79. The summed E-state index contributed by atoms with van der Waals surface area (Å²) in [5.41, 5.74) is 0.580. The molecular weight excluding hydrogens is 358 g/mol. The van der Waals surface area contributed by atoms with Gasteiger partial charge in [-0.3, -0.25) is 14.4 Å². The predicted octanol–water partition coefficient (Wildman–Crippen LogP) is 1.29. The van der Waals surface area contributed by atoms with Crippen molar-refractivity contribution in [3.8, 4) is 0 Å².